The first-order chi connectivity index (χ1) is 4.66. The molecule has 1 fully saturated rings. The van der Waals surface area contributed by atoms with Crippen LogP contribution in [-0.2, 0) is 4.74 Å². The topological polar surface area (TPSA) is 9.23 Å². The SMILES string of the molecule is CO[C@]1(C)CCCC(C)C1. The van der Waals surface area contributed by atoms with E-state index >= 15 is 0 Å². The van der Waals surface area contributed by atoms with E-state index in [4.69, 9.17) is 4.74 Å². The second kappa shape index (κ2) is 2.91. The van der Waals surface area contributed by atoms with Crippen molar-refractivity contribution in [1.29, 1.82) is 0 Å². The number of hydrogen-bond donors (Lipinski definition) is 0. The van der Waals surface area contributed by atoms with Crippen molar-refractivity contribution >= 4 is 0 Å². The molecule has 1 heteroatoms. The number of ether oxygens (including phenoxy) is 1. The summed E-state index contributed by atoms with van der Waals surface area (Å²) in [4.78, 5) is 0. The molecule has 0 aromatic rings. The second-order valence-corrected chi connectivity index (χ2v) is 3.86. The van der Waals surface area contributed by atoms with E-state index in [2.05, 4.69) is 13.8 Å². The predicted molar refractivity (Wildman–Crippen MR) is 43.0 cm³/mol. The molecule has 60 valence electrons. The van der Waals surface area contributed by atoms with E-state index in [1.54, 1.807) is 0 Å². The third kappa shape index (κ3) is 1.72. The maximum Gasteiger partial charge on any atom is 0.0653 e. The molecule has 1 saturated carbocycles. The van der Waals surface area contributed by atoms with Crippen molar-refractivity contribution in [2.24, 2.45) is 5.92 Å². The number of rotatable bonds is 1. The number of methoxy groups -OCH3 is 1. The molecule has 2 atom stereocenters. The molecule has 0 saturated heterocycles. The zero-order valence-corrected chi connectivity index (χ0v) is 7.31. The van der Waals surface area contributed by atoms with Crippen LogP contribution in [0.3, 0.4) is 0 Å². The van der Waals surface area contributed by atoms with Crippen molar-refractivity contribution in [2.45, 2.75) is 45.1 Å². The van der Waals surface area contributed by atoms with Crippen LogP contribution in [0.5, 0.6) is 0 Å². The van der Waals surface area contributed by atoms with Crippen molar-refractivity contribution in [2.75, 3.05) is 7.11 Å². The Hall–Kier alpha value is -0.0400. The summed E-state index contributed by atoms with van der Waals surface area (Å²) in [5.41, 5.74) is 0.192. The fourth-order valence-electron chi connectivity index (χ4n) is 1.95. The van der Waals surface area contributed by atoms with E-state index < -0.39 is 0 Å². The van der Waals surface area contributed by atoms with Crippen molar-refractivity contribution in [3.05, 3.63) is 0 Å². The molecule has 1 nitrogen and oxygen atoms in total. The molecule has 0 amide bonds. The van der Waals surface area contributed by atoms with Gasteiger partial charge in [0.2, 0.25) is 0 Å². The average Bonchev–Trinajstić information content (AvgIpc) is 1.88. The smallest absolute Gasteiger partial charge is 0.0653 e. The summed E-state index contributed by atoms with van der Waals surface area (Å²) in [5, 5.41) is 0. The summed E-state index contributed by atoms with van der Waals surface area (Å²) in [5.74, 6) is 0.860. The van der Waals surface area contributed by atoms with Gasteiger partial charge in [-0.1, -0.05) is 19.8 Å². The Balaban J connectivity index is 2.45. The first-order valence-corrected chi connectivity index (χ1v) is 4.21. The molecule has 1 unspecified atom stereocenters. The molecule has 1 aliphatic rings. The van der Waals surface area contributed by atoms with Gasteiger partial charge in [-0.05, 0) is 25.7 Å². The van der Waals surface area contributed by atoms with E-state index in [9.17, 15) is 0 Å². The number of hydrogen-bond acceptors (Lipinski definition) is 1. The van der Waals surface area contributed by atoms with E-state index in [0.29, 0.717) is 0 Å². The Kier molecular flexibility index (Phi) is 2.35. The highest BCUT2D eigenvalue weighted by atomic mass is 16.5. The Labute approximate surface area is 63.8 Å². The van der Waals surface area contributed by atoms with Crippen LogP contribution < -0.4 is 0 Å². The van der Waals surface area contributed by atoms with E-state index in [1.165, 1.54) is 25.7 Å². The van der Waals surface area contributed by atoms with Crippen molar-refractivity contribution in [3.63, 3.8) is 0 Å². The third-order valence-corrected chi connectivity index (χ3v) is 2.68. The monoisotopic (exact) mass is 142 g/mol. The molecule has 0 radical (unpaired) electrons. The summed E-state index contributed by atoms with van der Waals surface area (Å²) < 4.78 is 5.45. The molecule has 0 heterocycles. The van der Waals surface area contributed by atoms with E-state index in [1.807, 2.05) is 7.11 Å². The van der Waals surface area contributed by atoms with Crippen LogP contribution in [-0.4, -0.2) is 12.7 Å². The fraction of sp³-hybridized carbons (Fsp3) is 1.00. The zero-order valence-electron chi connectivity index (χ0n) is 7.31. The maximum atomic E-state index is 5.45. The van der Waals surface area contributed by atoms with Crippen LogP contribution in [0.15, 0.2) is 0 Å². The van der Waals surface area contributed by atoms with E-state index in [0.717, 1.165) is 5.92 Å². The normalized spacial score (nSPS) is 41.7. The van der Waals surface area contributed by atoms with Gasteiger partial charge in [0, 0.05) is 7.11 Å². The summed E-state index contributed by atoms with van der Waals surface area (Å²) in [6.45, 7) is 4.54. The highest BCUT2D eigenvalue weighted by Gasteiger charge is 2.29. The van der Waals surface area contributed by atoms with Gasteiger partial charge in [-0.25, -0.2) is 0 Å². The van der Waals surface area contributed by atoms with Gasteiger partial charge in [0.25, 0.3) is 0 Å². The fourth-order valence-corrected chi connectivity index (χ4v) is 1.95. The standard InChI is InChI=1S/C9H18O/c1-8-5-4-6-9(2,7-8)10-3/h8H,4-7H2,1-3H3/t8?,9-/m1/s1. The van der Waals surface area contributed by atoms with Crippen molar-refractivity contribution in [1.82, 2.24) is 0 Å². The molecule has 10 heavy (non-hydrogen) atoms. The molecule has 0 aromatic carbocycles. The average molecular weight is 142 g/mol. The van der Waals surface area contributed by atoms with Crippen LogP contribution in [0.25, 0.3) is 0 Å². The van der Waals surface area contributed by atoms with E-state index in [-0.39, 0.29) is 5.60 Å². The quantitative estimate of drug-likeness (QED) is 0.547. The minimum absolute atomic E-state index is 0.192. The lowest BCUT2D eigenvalue weighted by Crippen LogP contribution is -2.33. The summed E-state index contributed by atoms with van der Waals surface area (Å²) in [6.07, 6.45) is 5.21. The van der Waals surface area contributed by atoms with Crippen molar-refractivity contribution < 1.29 is 4.74 Å². The highest BCUT2D eigenvalue weighted by Crippen LogP contribution is 2.33. The summed E-state index contributed by atoms with van der Waals surface area (Å²) in [6, 6.07) is 0. The predicted octanol–water partition coefficient (Wildman–Crippen LogP) is 2.60. The Morgan fingerprint density at radius 3 is 2.60 bits per heavy atom. The molecule has 1 aliphatic carbocycles. The van der Waals surface area contributed by atoms with Gasteiger partial charge in [0.15, 0.2) is 0 Å². The van der Waals surface area contributed by atoms with Crippen molar-refractivity contribution in [3.8, 4) is 0 Å². The largest absolute Gasteiger partial charge is 0.379 e. The van der Waals surface area contributed by atoms with Gasteiger partial charge in [-0.3, -0.25) is 0 Å². The van der Waals surface area contributed by atoms with Gasteiger partial charge in [-0.2, -0.15) is 0 Å². The molecule has 1 rings (SSSR count). The molecule has 0 aromatic heterocycles. The van der Waals surface area contributed by atoms with Gasteiger partial charge in [-0.15, -0.1) is 0 Å². The minimum atomic E-state index is 0.192. The highest BCUT2D eigenvalue weighted by molar-refractivity contribution is 4.81. The Morgan fingerprint density at radius 2 is 2.20 bits per heavy atom. The molecular weight excluding hydrogens is 124 g/mol. The van der Waals surface area contributed by atoms with Gasteiger partial charge >= 0.3 is 0 Å². The molecule has 0 bridgehead atoms. The van der Waals surface area contributed by atoms with Gasteiger partial charge in [0.05, 0.1) is 5.60 Å². The van der Waals surface area contributed by atoms with Gasteiger partial charge < -0.3 is 4.74 Å². The van der Waals surface area contributed by atoms with Crippen LogP contribution in [0, 0.1) is 5.92 Å². The molecule has 0 spiro atoms. The first kappa shape index (κ1) is 8.06. The first-order valence-electron chi connectivity index (χ1n) is 4.21. The van der Waals surface area contributed by atoms with Crippen LogP contribution >= 0.6 is 0 Å². The Bertz CT molecular complexity index is 111. The molecular formula is C9H18O. The zero-order chi connectivity index (χ0) is 7.61. The van der Waals surface area contributed by atoms with Crippen LogP contribution in [0.2, 0.25) is 0 Å². The van der Waals surface area contributed by atoms with Crippen LogP contribution in [0.4, 0.5) is 0 Å². The Morgan fingerprint density at radius 1 is 1.50 bits per heavy atom. The third-order valence-electron chi connectivity index (χ3n) is 2.68. The summed E-state index contributed by atoms with van der Waals surface area (Å²) in [7, 11) is 1.83. The lowest BCUT2D eigenvalue weighted by Gasteiger charge is -2.35. The molecule has 0 N–H and O–H groups in total. The summed E-state index contributed by atoms with van der Waals surface area (Å²) >= 11 is 0. The molecule has 0 aliphatic heterocycles. The maximum absolute atomic E-state index is 5.45. The van der Waals surface area contributed by atoms with Crippen LogP contribution in [0.1, 0.15) is 39.5 Å². The minimum Gasteiger partial charge on any atom is -0.379 e. The lowest BCUT2D eigenvalue weighted by atomic mass is 9.80. The lowest BCUT2D eigenvalue weighted by molar-refractivity contribution is -0.0369. The second-order valence-electron chi connectivity index (χ2n) is 3.86. The van der Waals surface area contributed by atoms with Gasteiger partial charge in [0.1, 0.15) is 0 Å².